The Morgan fingerprint density at radius 2 is 1.81 bits per heavy atom. The topological polar surface area (TPSA) is 43.4 Å². The van der Waals surface area contributed by atoms with E-state index >= 15 is 0 Å². The molecule has 0 aromatic rings. The van der Waals surface area contributed by atoms with Crippen molar-refractivity contribution < 1.29 is 14.3 Å². The lowest BCUT2D eigenvalue weighted by Gasteiger charge is -2.61. The van der Waals surface area contributed by atoms with Gasteiger partial charge in [0.25, 0.3) is 0 Å². The van der Waals surface area contributed by atoms with Crippen LogP contribution < -0.4 is 0 Å². The van der Waals surface area contributed by atoms with Crippen molar-refractivity contribution >= 4 is 11.8 Å². The largest absolute Gasteiger partial charge is 0.462 e. The molecule has 146 valence electrons. The number of carbonyl (C=O) groups excluding carboxylic acids is 2. The summed E-state index contributed by atoms with van der Waals surface area (Å²) in [6.07, 6.45) is 9.28. The lowest BCUT2D eigenvalue weighted by Crippen LogP contribution is -2.56. The van der Waals surface area contributed by atoms with E-state index < -0.39 is 0 Å². The molecule has 0 saturated heterocycles. The fraction of sp³-hybridized carbons (Fsp3) is 0.913. The summed E-state index contributed by atoms with van der Waals surface area (Å²) in [6, 6.07) is 0. The van der Waals surface area contributed by atoms with E-state index in [2.05, 4.69) is 20.8 Å². The van der Waals surface area contributed by atoms with Gasteiger partial charge in [-0.2, -0.15) is 0 Å². The predicted molar refractivity (Wildman–Crippen MR) is 101 cm³/mol. The van der Waals surface area contributed by atoms with Crippen molar-refractivity contribution in [2.24, 2.45) is 40.4 Å². The number of rotatable bonds is 2. The second-order valence-electron chi connectivity index (χ2n) is 10.4. The van der Waals surface area contributed by atoms with Crippen LogP contribution in [0.15, 0.2) is 0 Å². The molecule has 0 aliphatic heterocycles. The van der Waals surface area contributed by atoms with Crippen LogP contribution in [0.1, 0.15) is 85.5 Å². The van der Waals surface area contributed by atoms with E-state index in [9.17, 15) is 9.59 Å². The normalized spacial score (nSPS) is 50.5. The van der Waals surface area contributed by atoms with E-state index in [4.69, 9.17) is 4.74 Å². The van der Waals surface area contributed by atoms with Crippen LogP contribution in [0.25, 0.3) is 0 Å². The first kappa shape index (κ1) is 18.5. The van der Waals surface area contributed by atoms with Gasteiger partial charge in [0.1, 0.15) is 11.9 Å². The number of ether oxygens (including phenoxy) is 1. The molecule has 0 amide bonds. The first-order valence-electron chi connectivity index (χ1n) is 11.0. The maximum Gasteiger partial charge on any atom is 0.305 e. The fourth-order valence-corrected chi connectivity index (χ4v) is 7.90. The van der Waals surface area contributed by atoms with E-state index in [0.717, 1.165) is 37.5 Å². The molecule has 0 bridgehead atoms. The lowest BCUT2D eigenvalue weighted by atomic mass is 9.43. The van der Waals surface area contributed by atoms with Crippen LogP contribution in [-0.4, -0.2) is 17.9 Å². The summed E-state index contributed by atoms with van der Waals surface area (Å²) >= 11 is 0. The Bertz CT molecular complexity index is 598. The molecular weight excluding hydrogens is 324 g/mol. The number of hydrogen-bond acceptors (Lipinski definition) is 3. The van der Waals surface area contributed by atoms with E-state index in [1.807, 2.05) is 6.92 Å². The monoisotopic (exact) mass is 360 g/mol. The molecule has 0 heterocycles. The molecule has 4 fully saturated rings. The Morgan fingerprint density at radius 3 is 2.54 bits per heavy atom. The average Bonchev–Trinajstić information content (AvgIpc) is 2.93. The van der Waals surface area contributed by atoms with Crippen molar-refractivity contribution in [2.45, 2.75) is 91.6 Å². The van der Waals surface area contributed by atoms with E-state index in [0.29, 0.717) is 35.4 Å². The van der Waals surface area contributed by atoms with Crippen molar-refractivity contribution in [1.29, 1.82) is 0 Å². The zero-order chi connectivity index (χ0) is 18.7. The summed E-state index contributed by atoms with van der Waals surface area (Å²) in [5.41, 5.74) is 0.509. The van der Waals surface area contributed by atoms with Gasteiger partial charge in [0.15, 0.2) is 0 Å². The smallest absolute Gasteiger partial charge is 0.305 e. The van der Waals surface area contributed by atoms with E-state index in [1.54, 1.807) is 0 Å². The number of esters is 1. The molecule has 26 heavy (non-hydrogen) atoms. The zero-order valence-corrected chi connectivity index (χ0v) is 17.1. The number of hydrogen-bond donors (Lipinski definition) is 0. The van der Waals surface area contributed by atoms with Gasteiger partial charge in [-0.15, -0.1) is 0 Å². The van der Waals surface area contributed by atoms with Crippen molar-refractivity contribution in [1.82, 2.24) is 0 Å². The van der Waals surface area contributed by atoms with Crippen LogP contribution in [0.2, 0.25) is 0 Å². The van der Waals surface area contributed by atoms with Crippen LogP contribution in [0.4, 0.5) is 0 Å². The molecule has 0 spiro atoms. The molecule has 3 nitrogen and oxygen atoms in total. The Labute approximate surface area is 158 Å². The number of carbonyl (C=O) groups is 2. The Kier molecular flexibility index (Phi) is 4.51. The minimum absolute atomic E-state index is 0.0335. The van der Waals surface area contributed by atoms with Gasteiger partial charge in [-0.05, 0) is 73.5 Å². The maximum absolute atomic E-state index is 12.1. The van der Waals surface area contributed by atoms with Gasteiger partial charge in [-0.25, -0.2) is 0 Å². The van der Waals surface area contributed by atoms with E-state index in [-0.39, 0.29) is 17.5 Å². The highest BCUT2D eigenvalue weighted by Crippen LogP contribution is 2.67. The quantitative estimate of drug-likeness (QED) is 0.638. The summed E-state index contributed by atoms with van der Waals surface area (Å²) in [5, 5.41) is 0. The van der Waals surface area contributed by atoms with Crippen molar-refractivity contribution in [2.75, 3.05) is 0 Å². The van der Waals surface area contributed by atoms with Crippen molar-refractivity contribution in [3.05, 3.63) is 0 Å². The van der Waals surface area contributed by atoms with Crippen LogP contribution in [0, 0.1) is 40.4 Å². The first-order valence-corrected chi connectivity index (χ1v) is 11.0. The molecule has 4 aliphatic carbocycles. The van der Waals surface area contributed by atoms with Crippen LogP contribution >= 0.6 is 0 Å². The van der Waals surface area contributed by atoms with Crippen LogP contribution in [0.3, 0.4) is 0 Å². The SMILES string of the molecule is CCC(=O)O[C@H]1CC[C@H]2[C@@H]3C[C@H](C)[C@H]4CC(=O)CC[C@]4(C)[C@H]3CC[C@]12C. The molecule has 0 radical (unpaired) electrons. The van der Waals surface area contributed by atoms with Gasteiger partial charge in [0, 0.05) is 24.7 Å². The van der Waals surface area contributed by atoms with E-state index in [1.165, 1.54) is 25.7 Å². The number of Topliss-reactive ketones (excluding diaryl/α,β-unsaturated/α-hetero) is 1. The molecule has 0 unspecified atom stereocenters. The molecule has 3 heteroatoms. The van der Waals surface area contributed by atoms with Gasteiger partial charge in [-0.1, -0.05) is 27.7 Å². The lowest BCUT2D eigenvalue weighted by molar-refractivity contribution is -0.168. The molecule has 4 aliphatic rings. The third-order valence-corrected chi connectivity index (χ3v) is 9.33. The molecule has 4 rings (SSSR count). The molecule has 0 N–H and O–H groups in total. The minimum atomic E-state index is -0.0335. The number of fused-ring (bicyclic) bond motifs is 5. The van der Waals surface area contributed by atoms with Crippen molar-refractivity contribution in [3.63, 3.8) is 0 Å². The standard InChI is InChI=1S/C23H36O3/c1-5-21(25)26-20-7-6-17-16-12-14(2)19-13-15(24)8-10-22(19,3)18(16)9-11-23(17,20)4/h14,16-20H,5-13H2,1-4H3/t14-,16-,17-,18-,19+,20-,22+,23-/m0/s1. The summed E-state index contributed by atoms with van der Waals surface area (Å²) in [7, 11) is 0. The first-order chi connectivity index (χ1) is 12.3. The van der Waals surface area contributed by atoms with Gasteiger partial charge < -0.3 is 4.74 Å². The molecule has 0 aromatic heterocycles. The van der Waals surface area contributed by atoms with Crippen LogP contribution in [0.5, 0.6) is 0 Å². The van der Waals surface area contributed by atoms with Gasteiger partial charge in [0.05, 0.1) is 0 Å². The van der Waals surface area contributed by atoms with Crippen molar-refractivity contribution in [3.8, 4) is 0 Å². The van der Waals surface area contributed by atoms with Crippen LogP contribution in [-0.2, 0) is 14.3 Å². The molecule has 4 saturated carbocycles. The molecular formula is C23H36O3. The third kappa shape index (κ3) is 2.59. The molecule has 0 aromatic carbocycles. The Hall–Kier alpha value is -0.860. The van der Waals surface area contributed by atoms with Gasteiger partial charge in [-0.3, -0.25) is 9.59 Å². The van der Waals surface area contributed by atoms with Gasteiger partial charge >= 0.3 is 5.97 Å². The van der Waals surface area contributed by atoms with Gasteiger partial charge in [0.2, 0.25) is 0 Å². The second-order valence-corrected chi connectivity index (χ2v) is 10.4. The molecule has 8 atom stereocenters. The Morgan fingerprint density at radius 1 is 1.08 bits per heavy atom. The fourth-order valence-electron chi connectivity index (χ4n) is 7.90. The minimum Gasteiger partial charge on any atom is -0.462 e. The highest BCUT2D eigenvalue weighted by molar-refractivity contribution is 5.79. The summed E-state index contributed by atoms with van der Waals surface area (Å²) in [4.78, 5) is 24.1. The second kappa shape index (κ2) is 6.34. The third-order valence-electron chi connectivity index (χ3n) is 9.33. The summed E-state index contributed by atoms with van der Waals surface area (Å²) < 4.78 is 5.90. The maximum atomic E-state index is 12.1. The predicted octanol–water partition coefficient (Wildman–Crippen LogP) is 5.17. The highest BCUT2D eigenvalue weighted by Gasteiger charge is 2.62. The average molecular weight is 361 g/mol. The zero-order valence-electron chi connectivity index (χ0n) is 17.1. The summed E-state index contributed by atoms with van der Waals surface area (Å²) in [5.74, 6) is 3.89. The Balaban J connectivity index is 1.59. The highest BCUT2D eigenvalue weighted by atomic mass is 16.5. The summed E-state index contributed by atoms with van der Waals surface area (Å²) in [6.45, 7) is 9.19. The number of ketones is 1.